The number of anilines is 1. The van der Waals surface area contributed by atoms with Gasteiger partial charge in [0.2, 0.25) is 0 Å². The first kappa shape index (κ1) is 21.7. The van der Waals surface area contributed by atoms with Crippen molar-refractivity contribution in [2.45, 2.75) is 11.4 Å². The summed E-state index contributed by atoms with van der Waals surface area (Å²) < 4.78 is 27.6. The molecule has 0 saturated carbocycles. The zero-order valence-electron chi connectivity index (χ0n) is 16.6. The Balaban J connectivity index is 1.76. The van der Waals surface area contributed by atoms with Crippen molar-refractivity contribution in [3.8, 4) is 6.07 Å². The Labute approximate surface area is 181 Å². The second kappa shape index (κ2) is 9.69. The van der Waals surface area contributed by atoms with E-state index in [0.29, 0.717) is 29.9 Å². The number of nitrogens with zero attached hydrogens (tertiary/aromatic N) is 3. The van der Waals surface area contributed by atoms with E-state index in [-0.39, 0.29) is 10.8 Å². The van der Waals surface area contributed by atoms with E-state index >= 15 is 0 Å². The lowest BCUT2D eigenvalue weighted by molar-refractivity contribution is 0.0762. The third-order valence-corrected chi connectivity index (χ3v) is 5.83. The number of benzene rings is 2. The molecule has 7 nitrogen and oxygen atoms in total. The highest BCUT2D eigenvalue weighted by molar-refractivity contribution is 7.92. The third-order valence-electron chi connectivity index (χ3n) is 4.44. The highest BCUT2D eigenvalue weighted by atomic mass is 32.2. The molecule has 1 aromatic heterocycles. The van der Waals surface area contributed by atoms with Gasteiger partial charge in [0.15, 0.2) is 0 Å². The molecule has 0 spiro atoms. The van der Waals surface area contributed by atoms with Crippen LogP contribution in [-0.4, -0.2) is 30.8 Å². The number of carbonyl (C=O) groups excluding carboxylic acids is 1. The van der Waals surface area contributed by atoms with Crippen LogP contribution in [0, 0.1) is 11.3 Å². The van der Waals surface area contributed by atoms with E-state index in [4.69, 9.17) is 5.26 Å². The molecule has 0 bridgehead atoms. The number of nitriles is 1. The molecule has 0 saturated heterocycles. The molecule has 3 aromatic rings. The number of hydrogen-bond donors (Lipinski definition) is 1. The van der Waals surface area contributed by atoms with Crippen LogP contribution in [0.5, 0.6) is 0 Å². The normalized spacial score (nSPS) is 10.7. The van der Waals surface area contributed by atoms with E-state index < -0.39 is 10.0 Å². The van der Waals surface area contributed by atoms with E-state index in [1.807, 2.05) is 0 Å². The minimum atomic E-state index is -3.79. The molecule has 0 aliphatic rings. The molecule has 1 heterocycles. The van der Waals surface area contributed by atoms with E-state index in [1.54, 1.807) is 47.4 Å². The van der Waals surface area contributed by atoms with Gasteiger partial charge < -0.3 is 4.90 Å². The number of hydrogen-bond acceptors (Lipinski definition) is 5. The highest BCUT2D eigenvalue weighted by Crippen LogP contribution is 2.17. The van der Waals surface area contributed by atoms with Crippen molar-refractivity contribution in [1.29, 1.82) is 5.26 Å². The van der Waals surface area contributed by atoms with Crippen LogP contribution in [0.15, 0.2) is 90.6 Å². The summed E-state index contributed by atoms with van der Waals surface area (Å²) in [5.41, 5.74) is 2.17. The van der Waals surface area contributed by atoms with Crippen molar-refractivity contribution in [3.63, 3.8) is 0 Å². The largest absolute Gasteiger partial charge is 0.331 e. The molecule has 0 fully saturated rings. The summed E-state index contributed by atoms with van der Waals surface area (Å²) in [7, 11) is -3.79. The quantitative estimate of drug-likeness (QED) is 0.548. The van der Waals surface area contributed by atoms with Crippen molar-refractivity contribution in [2.24, 2.45) is 0 Å². The summed E-state index contributed by atoms with van der Waals surface area (Å²) in [5, 5.41) is 8.92. The fourth-order valence-electron chi connectivity index (χ4n) is 2.87. The van der Waals surface area contributed by atoms with Crippen molar-refractivity contribution in [3.05, 3.63) is 102 Å². The van der Waals surface area contributed by atoms with Gasteiger partial charge in [0.1, 0.15) is 0 Å². The van der Waals surface area contributed by atoms with Gasteiger partial charge in [0.25, 0.3) is 15.9 Å². The fourth-order valence-corrected chi connectivity index (χ4v) is 3.93. The standard InChI is InChI=1S/C23H20N4O3S/c1-2-15-27(17-19-5-3-18(16-24)4-6-19)23(28)20-7-9-22(10-8-20)31(29,30)26-21-11-13-25-14-12-21/h2-14H,1,15,17H2,(H,25,26). The minimum Gasteiger partial charge on any atom is -0.331 e. The molecule has 1 amide bonds. The zero-order chi connectivity index (χ0) is 22.3. The van der Waals surface area contributed by atoms with Gasteiger partial charge >= 0.3 is 0 Å². The van der Waals surface area contributed by atoms with Gasteiger partial charge in [-0.05, 0) is 54.1 Å². The number of pyridine rings is 1. The Morgan fingerprint density at radius 2 is 1.71 bits per heavy atom. The lowest BCUT2D eigenvalue weighted by Crippen LogP contribution is -2.30. The number of rotatable bonds is 8. The molecule has 3 rings (SSSR count). The van der Waals surface area contributed by atoms with Crippen LogP contribution in [0.25, 0.3) is 0 Å². The zero-order valence-corrected chi connectivity index (χ0v) is 17.4. The van der Waals surface area contributed by atoms with Gasteiger partial charge in [0.05, 0.1) is 22.2 Å². The highest BCUT2D eigenvalue weighted by Gasteiger charge is 2.18. The molecule has 0 radical (unpaired) electrons. The molecular weight excluding hydrogens is 412 g/mol. The van der Waals surface area contributed by atoms with Gasteiger partial charge in [-0.2, -0.15) is 5.26 Å². The number of carbonyl (C=O) groups is 1. The van der Waals surface area contributed by atoms with Crippen molar-refractivity contribution in [1.82, 2.24) is 9.88 Å². The van der Waals surface area contributed by atoms with Crippen LogP contribution >= 0.6 is 0 Å². The number of aromatic nitrogens is 1. The molecule has 1 N–H and O–H groups in total. The van der Waals surface area contributed by atoms with E-state index in [1.165, 1.54) is 36.7 Å². The van der Waals surface area contributed by atoms with Crippen LogP contribution in [0.3, 0.4) is 0 Å². The van der Waals surface area contributed by atoms with Crippen molar-refractivity contribution >= 4 is 21.6 Å². The molecule has 8 heteroatoms. The Kier molecular flexibility index (Phi) is 6.80. The predicted molar refractivity (Wildman–Crippen MR) is 118 cm³/mol. The maximum atomic E-state index is 13.0. The van der Waals surface area contributed by atoms with Gasteiger partial charge in [-0.25, -0.2) is 8.42 Å². The maximum absolute atomic E-state index is 13.0. The van der Waals surface area contributed by atoms with Gasteiger partial charge in [-0.3, -0.25) is 14.5 Å². The average molecular weight is 433 g/mol. The smallest absolute Gasteiger partial charge is 0.261 e. The molecular formula is C23H20N4O3S. The monoisotopic (exact) mass is 432 g/mol. The molecule has 156 valence electrons. The Bertz CT molecular complexity index is 1200. The molecule has 2 aromatic carbocycles. The fraction of sp³-hybridized carbons (Fsp3) is 0.0870. The van der Waals surface area contributed by atoms with Gasteiger partial charge in [-0.15, -0.1) is 6.58 Å². The van der Waals surface area contributed by atoms with Crippen molar-refractivity contribution in [2.75, 3.05) is 11.3 Å². The van der Waals surface area contributed by atoms with Crippen LogP contribution < -0.4 is 4.72 Å². The SMILES string of the molecule is C=CCN(Cc1ccc(C#N)cc1)C(=O)c1ccc(S(=O)(=O)Nc2ccncc2)cc1. The third kappa shape index (κ3) is 5.56. The summed E-state index contributed by atoms with van der Waals surface area (Å²) in [6.07, 6.45) is 4.60. The summed E-state index contributed by atoms with van der Waals surface area (Å²) in [6, 6.07) is 17.9. The lowest BCUT2D eigenvalue weighted by Gasteiger charge is -2.21. The van der Waals surface area contributed by atoms with Crippen LogP contribution in [0.4, 0.5) is 5.69 Å². The van der Waals surface area contributed by atoms with E-state index in [2.05, 4.69) is 22.4 Å². The second-order valence-corrected chi connectivity index (χ2v) is 8.33. The van der Waals surface area contributed by atoms with Crippen LogP contribution in [0.2, 0.25) is 0 Å². The van der Waals surface area contributed by atoms with Crippen LogP contribution in [-0.2, 0) is 16.6 Å². The first-order chi connectivity index (χ1) is 14.9. The minimum absolute atomic E-state index is 0.0447. The molecule has 0 unspecified atom stereocenters. The predicted octanol–water partition coefficient (Wildman–Crippen LogP) is 3.58. The average Bonchev–Trinajstić information content (AvgIpc) is 2.79. The topological polar surface area (TPSA) is 103 Å². The number of amides is 1. The second-order valence-electron chi connectivity index (χ2n) is 6.65. The molecule has 0 aliphatic heterocycles. The van der Waals surface area contributed by atoms with E-state index in [9.17, 15) is 13.2 Å². The molecule has 31 heavy (non-hydrogen) atoms. The Morgan fingerprint density at radius 1 is 1.06 bits per heavy atom. The van der Waals surface area contributed by atoms with Gasteiger partial charge in [0, 0.05) is 31.0 Å². The van der Waals surface area contributed by atoms with Crippen LogP contribution in [0.1, 0.15) is 21.5 Å². The molecule has 0 atom stereocenters. The molecule has 0 aliphatic carbocycles. The van der Waals surface area contributed by atoms with Crippen molar-refractivity contribution < 1.29 is 13.2 Å². The van der Waals surface area contributed by atoms with Gasteiger partial charge in [-0.1, -0.05) is 18.2 Å². The lowest BCUT2D eigenvalue weighted by atomic mass is 10.1. The Hall–Kier alpha value is -3.96. The summed E-state index contributed by atoms with van der Waals surface area (Å²) >= 11 is 0. The number of nitrogens with one attached hydrogen (secondary N) is 1. The first-order valence-electron chi connectivity index (χ1n) is 9.35. The maximum Gasteiger partial charge on any atom is 0.261 e. The van der Waals surface area contributed by atoms with E-state index in [0.717, 1.165) is 5.56 Å². The number of sulfonamides is 1. The summed E-state index contributed by atoms with van der Waals surface area (Å²) in [6.45, 7) is 4.36. The summed E-state index contributed by atoms with van der Waals surface area (Å²) in [4.78, 5) is 18.5. The Morgan fingerprint density at radius 3 is 2.29 bits per heavy atom. The summed E-state index contributed by atoms with van der Waals surface area (Å²) in [5.74, 6) is -0.254. The first-order valence-corrected chi connectivity index (χ1v) is 10.8.